The molecule has 8 nitrogen and oxygen atoms in total. The number of pyridine rings is 1. The van der Waals surface area contributed by atoms with Gasteiger partial charge in [-0.2, -0.15) is 0 Å². The van der Waals surface area contributed by atoms with Crippen molar-refractivity contribution in [1.82, 2.24) is 4.98 Å². The molecule has 0 bridgehead atoms. The van der Waals surface area contributed by atoms with Crippen molar-refractivity contribution in [2.24, 2.45) is 0 Å². The van der Waals surface area contributed by atoms with Gasteiger partial charge in [0.25, 0.3) is 0 Å². The number of fused-ring (bicyclic) bond motifs is 4. The smallest absolute Gasteiger partial charge is 0.306 e. The zero-order chi connectivity index (χ0) is 22.4. The van der Waals surface area contributed by atoms with E-state index in [0.29, 0.717) is 22.6 Å². The second-order valence-corrected chi connectivity index (χ2v) is 7.37. The second-order valence-electron chi connectivity index (χ2n) is 7.37. The first-order chi connectivity index (χ1) is 15.5. The summed E-state index contributed by atoms with van der Waals surface area (Å²) in [6.07, 6.45) is 2.82. The van der Waals surface area contributed by atoms with Crippen molar-refractivity contribution in [2.75, 3.05) is 7.11 Å². The Balaban J connectivity index is 1.77. The Kier molecular flexibility index (Phi) is 4.55. The van der Waals surface area contributed by atoms with Crippen molar-refractivity contribution in [1.29, 1.82) is 0 Å². The molecule has 2 N–H and O–H groups in total. The van der Waals surface area contributed by atoms with E-state index in [2.05, 4.69) is 4.98 Å². The van der Waals surface area contributed by atoms with Gasteiger partial charge >= 0.3 is 5.97 Å². The molecule has 32 heavy (non-hydrogen) atoms. The molecule has 1 aliphatic rings. The molecule has 5 rings (SSSR count). The summed E-state index contributed by atoms with van der Waals surface area (Å²) >= 11 is 0. The van der Waals surface area contributed by atoms with Crippen LogP contribution in [0.2, 0.25) is 0 Å². The monoisotopic (exact) mass is 431 g/mol. The van der Waals surface area contributed by atoms with Crippen LogP contribution >= 0.6 is 0 Å². The predicted molar refractivity (Wildman–Crippen MR) is 114 cm³/mol. The van der Waals surface area contributed by atoms with Gasteiger partial charge in [0.2, 0.25) is 11.3 Å². The van der Waals surface area contributed by atoms with E-state index < -0.39 is 17.3 Å². The van der Waals surface area contributed by atoms with E-state index in [9.17, 15) is 19.8 Å². The van der Waals surface area contributed by atoms with Crippen LogP contribution < -0.4 is 10.2 Å². The van der Waals surface area contributed by atoms with Gasteiger partial charge in [-0.05, 0) is 23.8 Å². The molecular weight excluding hydrogens is 414 g/mol. The standard InChI is InChI=1S/C24H17NO7/c1-30-19(28)9-15-14-3-2-8-25-24(14)32-18-10-17(27)21-22(29)16(11-31-23(21)20(15)18)12-4-6-13(26)7-5-12/h2-8,10-11,15,26-27H,9H2,1H3. The van der Waals surface area contributed by atoms with E-state index >= 15 is 0 Å². The number of phenols is 2. The number of nitrogens with zero attached hydrogens (tertiary/aromatic N) is 1. The highest BCUT2D eigenvalue weighted by molar-refractivity contribution is 5.92. The first-order valence-electron chi connectivity index (χ1n) is 9.78. The summed E-state index contributed by atoms with van der Waals surface area (Å²) in [5, 5.41) is 20.2. The van der Waals surface area contributed by atoms with Gasteiger partial charge in [0.1, 0.15) is 34.5 Å². The average molecular weight is 431 g/mol. The lowest BCUT2D eigenvalue weighted by atomic mass is 9.85. The molecule has 0 spiro atoms. The van der Waals surface area contributed by atoms with Crippen LogP contribution in [0.15, 0.2) is 64.1 Å². The lowest BCUT2D eigenvalue weighted by Crippen LogP contribution is -2.17. The van der Waals surface area contributed by atoms with E-state index in [4.69, 9.17) is 13.9 Å². The summed E-state index contributed by atoms with van der Waals surface area (Å²) in [4.78, 5) is 29.7. The molecule has 0 saturated heterocycles. The zero-order valence-corrected chi connectivity index (χ0v) is 16.9. The van der Waals surface area contributed by atoms with Crippen LogP contribution in [0.5, 0.6) is 23.1 Å². The zero-order valence-electron chi connectivity index (χ0n) is 16.9. The topological polar surface area (TPSA) is 119 Å². The Morgan fingerprint density at radius 2 is 1.97 bits per heavy atom. The lowest BCUT2D eigenvalue weighted by Gasteiger charge is -2.27. The Hall–Kier alpha value is -4.33. The summed E-state index contributed by atoms with van der Waals surface area (Å²) in [7, 11) is 1.30. The Labute approximate surface area is 181 Å². The van der Waals surface area contributed by atoms with Crippen molar-refractivity contribution < 1.29 is 28.9 Å². The molecule has 2 aromatic carbocycles. The molecule has 160 valence electrons. The molecule has 3 heterocycles. The minimum Gasteiger partial charge on any atom is -0.508 e. The summed E-state index contributed by atoms with van der Waals surface area (Å²) in [5.74, 6) is -0.718. The predicted octanol–water partition coefficient (Wildman–Crippen LogP) is 4.07. The highest BCUT2D eigenvalue weighted by Crippen LogP contribution is 2.49. The molecule has 0 radical (unpaired) electrons. The maximum Gasteiger partial charge on any atom is 0.306 e. The molecule has 1 unspecified atom stereocenters. The minimum atomic E-state index is -0.555. The van der Waals surface area contributed by atoms with Gasteiger partial charge in [-0.3, -0.25) is 9.59 Å². The Morgan fingerprint density at radius 1 is 1.19 bits per heavy atom. The summed E-state index contributed by atoms with van der Waals surface area (Å²) in [6.45, 7) is 0. The minimum absolute atomic E-state index is 0.0277. The van der Waals surface area contributed by atoms with Gasteiger partial charge in [0, 0.05) is 29.3 Å². The molecule has 0 amide bonds. The molecule has 0 aliphatic carbocycles. The first kappa shape index (κ1) is 19.6. The SMILES string of the molecule is COC(=O)CC1c2cccnc2Oc2cc(O)c3c(=O)c(-c4ccc(O)cc4)coc3c21. The molecule has 1 aliphatic heterocycles. The fourth-order valence-corrected chi connectivity index (χ4v) is 4.01. The molecular formula is C24H17NO7. The third kappa shape index (κ3) is 3.04. The largest absolute Gasteiger partial charge is 0.508 e. The van der Waals surface area contributed by atoms with Gasteiger partial charge in [-0.25, -0.2) is 4.98 Å². The third-order valence-electron chi connectivity index (χ3n) is 5.54. The van der Waals surface area contributed by atoms with Gasteiger partial charge in [-0.1, -0.05) is 18.2 Å². The maximum atomic E-state index is 13.3. The highest BCUT2D eigenvalue weighted by atomic mass is 16.5. The number of methoxy groups -OCH3 is 1. The normalized spacial score (nSPS) is 14.3. The van der Waals surface area contributed by atoms with Gasteiger partial charge < -0.3 is 24.1 Å². The van der Waals surface area contributed by atoms with E-state index in [1.807, 2.05) is 0 Å². The third-order valence-corrected chi connectivity index (χ3v) is 5.54. The number of rotatable bonds is 3. The molecule has 4 aromatic rings. The quantitative estimate of drug-likeness (QED) is 0.466. The van der Waals surface area contributed by atoms with Crippen molar-refractivity contribution in [3.05, 3.63) is 76.3 Å². The molecule has 8 heteroatoms. The van der Waals surface area contributed by atoms with Crippen molar-refractivity contribution >= 4 is 16.9 Å². The van der Waals surface area contributed by atoms with Crippen LogP contribution in [0.1, 0.15) is 23.5 Å². The van der Waals surface area contributed by atoms with E-state index in [0.717, 1.165) is 0 Å². The maximum absolute atomic E-state index is 13.3. The van der Waals surface area contributed by atoms with Crippen LogP contribution in [0, 0.1) is 0 Å². The lowest BCUT2D eigenvalue weighted by molar-refractivity contribution is -0.140. The van der Waals surface area contributed by atoms with E-state index in [1.54, 1.807) is 30.5 Å². The molecule has 0 fully saturated rings. The van der Waals surface area contributed by atoms with Crippen molar-refractivity contribution in [3.63, 3.8) is 0 Å². The van der Waals surface area contributed by atoms with Crippen LogP contribution in [-0.2, 0) is 9.53 Å². The van der Waals surface area contributed by atoms with Crippen molar-refractivity contribution in [3.8, 4) is 34.3 Å². The number of aromatic nitrogens is 1. The second kappa shape index (κ2) is 7.42. The number of carbonyl (C=O) groups excluding carboxylic acids is 1. The summed E-state index contributed by atoms with van der Waals surface area (Å²) in [6, 6.07) is 10.9. The number of esters is 1. The molecule has 1 atom stereocenters. The van der Waals surface area contributed by atoms with Gasteiger partial charge in [-0.15, -0.1) is 0 Å². The number of carbonyl (C=O) groups is 1. The molecule has 0 saturated carbocycles. The van der Waals surface area contributed by atoms with E-state index in [-0.39, 0.29) is 40.2 Å². The van der Waals surface area contributed by atoms with E-state index in [1.165, 1.54) is 31.6 Å². The summed E-state index contributed by atoms with van der Waals surface area (Å²) in [5.41, 5.74) is 1.51. The van der Waals surface area contributed by atoms with Gasteiger partial charge in [0.15, 0.2) is 0 Å². The number of ether oxygens (including phenoxy) is 2. The van der Waals surface area contributed by atoms with Crippen LogP contribution in [0.4, 0.5) is 0 Å². The van der Waals surface area contributed by atoms with Crippen LogP contribution in [0.25, 0.3) is 22.1 Å². The number of phenolic OH excluding ortho intramolecular Hbond substituents is 2. The Bertz CT molecular complexity index is 1420. The van der Waals surface area contributed by atoms with Crippen molar-refractivity contribution in [2.45, 2.75) is 12.3 Å². The number of benzene rings is 2. The fraction of sp³-hybridized carbons (Fsp3) is 0.125. The Morgan fingerprint density at radius 3 is 2.72 bits per heavy atom. The molecule has 2 aromatic heterocycles. The van der Waals surface area contributed by atoms with Crippen LogP contribution in [0.3, 0.4) is 0 Å². The van der Waals surface area contributed by atoms with Crippen LogP contribution in [-0.4, -0.2) is 28.3 Å². The highest BCUT2D eigenvalue weighted by Gasteiger charge is 2.34. The first-order valence-corrected chi connectivity index (χ1v) is 9.78. The number of hydrogen-bond acceptors (Lipinski definition) is 8. The van der Waals surface area contributed by atoms with Gasteiger partial charge in [0.05, 0.1) is 19.1 Å². The summed E-state index contributed by atoms with van der Waals surface area (Å²) < 4.78 is 16.6. The number of aromatic hydroxyl groups is 2. The number of hydrogen-bond donors (Lipinski definition) is 2. The fourth-order valence-electron chi connectivity index (χ4n) is 4.01. The average Bonchev–Trinajstić information content (AvgIpc) is 2.79.